The van der Waals surface area contributed by atoms with Gasteiger partial charge in [0, 0.05) is 0 Å². The Balaban J connectivity index is 0.00000400. The second-order valence-corrected chi connectivity index (χ2v) is 7.10. The van der Waals surface area contributed by atoms with E-state index in [0.717, 1.165) is 17.9 Å². The molecule has 1 aromatic carbocycles. The van der Waals surface area contributed by atoms with Gasteiger partial charge in [-0.25, -0.2) is 8.42 Å². The molecule has 0 saturated carbocycles. The molecule has 0 aromatic heterocycles. The minimum Gasteiger partial charge on any atom is -0.744 e. The number of rotatable bonds is 8. The topological polar surface area (TPSA) is 57.2 Å². The van der Waals surface area contributed by atoms with Gasteiger partial charge in [0.25, 0.3) is 0 Å². The van der Waals surface area contributed by atoms with Crippen LogP contribution in [0.3, 0.4) is 0 Å². The fourth-order valence-electron chi connectivity index (χ4n) is 2.28. The summed E-state index contributed by atoms with van der Waals surface area (Å²) in [6.07, 6.45) is 6.04. The van der Waals surface area contributed by atoms with Crippen molar-refractivity contribution in [2.24, 2.45) is 5.92 Å². The minimum atomic E-state index is -4.33. The summed E-state index contributed by atoms with van der Waals surface area (Å²) in [5.74, 6) is 1.20. The van der Waals surface area contributed by atoms with Gasteiger partial charge in [-0.3, -0.25) is 0 Å². The maximum atomic E-state index is 10.9. The molecule has 3 nitrogen and oxygen atoms in total. The van der Waals surface area contributed by atoms with Crippen LogP contribution in [0.5, 0.6) is 0 Å². The van der Waals surface area contributed by atoms with E-state index in [2.05, 4.69) is 20.8 Å². The molecule has 0 N–H and O–H groups in total. The van der Waals surface area contributed by atoms with Gasteiger partial charge in [-0.05, 0) is 36.0 Å². The van der Waals surface area contributed by atoms with Crippen LogP contribution in [-0.2, 0) is 10.1 Å². The predicted octanol–water partition coefficient (Wildman–Crippen LogP) is 1.30. The number of benzene rings is 1. The van der Waals surface area contributed by atoms with Crippen molar-refractivity contribution in [2.45, 2.75) is 63.7 Å². The standard InChI is InChI=1S/C16H26O3S.Na/c1-4-13(2)7-5-6-8-14(3)15-9-11-16(12-10-15)20(17,18)19;/h9-14H,4-8H2,1-3H3,(H,17,18,19);/q;+1/p-1. The van der Waals surface area contributed by atoms with Crippen LogP contribution in [0.1, 0.15) is 64.4 Å². The molecule has 2 atom stereocenters. The smallest absolute Gasteiger partial charge is 0.744 e. The van der Waals surface area contributed by atoms with Gasteiger partial charge in [0.15, 0.2) is 0 Å². The summed E-state index contributed by atoms with van der Waals surface area (Å²) in [6, 6.07) is 6.33. The summed E-state index contributed by atoms with van der Waals surface area (Å²) in [7, 11) is -4.33. The Labute approximate surface area is 151 Å². The molecule has 2 unspecified atom stereocenters. The van der Waals surface area contributed by atoms with E-state index < -0.39 is 10.1 Å². The first-order valence-corrected chi connectivity index (χ1v) is 8.81. The molecule has 114 valence electrons. The van der Waals surface area contributed by atoms with Crippen LogP contribution in [0.2, 0.25) is 0 Å². The van der Waals surface area contributed by atoms with Crippen molar-refractivity contribution >= 4 is 10.1 Å². The van der Waals surface area contributed by atoms with Crippen molar-refractivity contribution < 1.29 is 42.5 Å². The second-order valence-electron chi connectivity index (χ2n) is 5.72. The first-order valence-electron chi connectivity index (χ1n) is 7.40. The van der Waals surface area contributed by atoms with E-state index >= 15 is 0 Å². The fraction of sp³-hybridized carbons (Fsp3) is 0.625. The zero-order valence-corrected chi connectivity index (χ0v) is 16.4. The first-order chi connectivity index (χ1) is 9.34. The summed E-state index contributed by atoms with van der Waals surface area (Å²) in [5.41, 5.74) is 1.10. The van der Waals surface area contributed by atoms with Crippen LogP contribution in [-0.4, -0.2) is 13.0 Å². The van der Waals surface area contributed by atoms with Gasteiger partial charge < -0.3 is 4.55 Å². The molecular weight excluding hydrogens is 295 g/mol. The number of hydrogen-bond acceptors (Lipinski definition) is 3. The predicted molar refractivity (Wildman–Crippen MR) is 80.7 cm³/mol. The van der Waals surface area contributed by atoms with Crippen LogP contribution < -0.4 is 29.6 Å². The molecule has 5 heteroatoms. The molecule has 21 heavy (non-hydrogen) atoms. The number of hydrogen-bond donors (Lipinski definition) is 0. The summed E-state index contributed by atoms with van der Waals surface area (Å²) in [4.78, 5) is -0.148. The third-order valence-corrected chi connectivity index (χ3v) is 4.87. The van der Waals surface area contributed by atoms with E-state index in [4.69, 9.17) is 0 Å². The zero-order valence-electron chi connectivity index (χ0n) is 13.6. The average Bonchev–Trinajstić information content (AvgIpc) is 2.42. The Morgan fingerprint density at radius 1 is 1.05 bits per heavy atom. The third-order valence-electron chi connectivity index (χ3n) is 4.02. The molecule has 1 aromatic rings. The molecule has 0 aliphatic carbocycles. The quantitative estimate of drug-likeness (QED) is 0.412. The van der Waals surface area contributed by atoms with E-state index in [1.165, 1.54) is 37.8 Å². The molecule has 0 spiro atoms. The van der Waals surface area contributed by atoms with Crippen LogP contribution in [0.4, 0.5) is 0 Å². The van der Waals surface area contributed by atoms with Gasteiger partial charge >= 0.3 is 29.6 Å². The zero-order chi connectivity index (χ0) is 15.2. The normalized spacial score (nSPS) is 14.3. The molecule has 0 saturated heterocycles. The molecule has 0 amide bonds. The Hall–Kier alpha value is 0.130. The Morgan fingerprint density at radius 3 is 2.05 bits per heavy atom. The Kier molecular flexibility index (Phi) is 10.1. The first kappa shape index (κ1) is 21.1. The molecule has 0 fully saturated rings. The second kappa shape index (κ2) is 10.0. The summed E-state index contributed by atoms with van der Waals surface area (Å²) < 4.78 is 32.6. The SMILES string of the molecule is CCC(C)CCCCC(C)c1ccc(S(=O)(=O)[O-])cc1.[Na+]. The maximum Gasteiger partial charge on any atom is 1.00 e. The van der Waals surface area contributed by atoms with Gasteiger partial charge in [-0.1, -0.05) is 58.6 Å². The molecule has 0 radical (unpaired) electrons. The van der Waals surface area contributed by atoms with Crippen molar-refractivity contribution in [3.8, 4) is 0 Å². The monoisotopic (exact) mass is 320 g/mol. The Morgan fingerprint density at radius 2 is 1.57 bits per heavy atom. The molecule has 0 heterocycles. The third kappa shape index (κ3) is 7.80. The van der Waals surface area contributed by atoms with E-state index in [9.17, 15) is 13.0 Å². The van der Waals surface area contributed by atoms with Crippen LogP contribution in [0.15, 0.2) is 29.2 Å². The van der Waals surface area contributed by atoms with E-state index in [0.29, 0.717) is 5.92 Å². The van der Waals surface area contributed by atoms with Crippen molar-refractivity contribution in [1.29, 1.82) is 0 Å². The molecule has 1 rings (SSSR count). The minimum absolute atomic E-state index is 0. The average molecular weight is 320 g/mol. The summed E-state index contributed by atoms with van der Waals surface area (Å²) in [5, 5.41) is 0. The van der Waals surface area contributed by atoms with Gasteiger partial charge in [0.1, 0.15) is 10.1 Å². The van der Waals surface area contributed by atoms with E-state index in [-0.39, 0.29) is 34.5 Å². The van der Waals surface area contributed by atoms with Crippen LogP contribution in [0, 0.1) is 5.92 Å². The van der Waals surface area contributed by atoms with Crippen LogP contribution >= 0.6 is 0 Å². The van der Waals surface area contributed by atoms with Crippen molar-refractivity contribution in [1.82, 2.24) is 0 Å². The maximum absolute atomic E-state index is 10.9. The van der Waals surface area contributed by atoms with E-state index in [1.807, 2.05) is 0 Å². The summed E-state index contributed by atoms with van der Waals surface area (Å²) >= 11 is 0. The van der Waals surface area contributed by atoms with Gasteiger partial charge in [0.05, 0.1) is 4.90 Å². The number of unbranched alkanes of at least 4 members (excludes halogenated alkanes) is 1. The van der Waals surface area contributed by atoms with Gasteiger partial charge in [0.2, 0.25) is 0 Å². The molecule has 0 bridgehead atoms. The Bertz CT molecular complexity index is 497. The van der Waals surface area contributed by atoms with Crippen LogP contribution in [0.25, 0.3) is 0 Å². The van der Waals surface area contributed by atoms with Crippen molar-refractivity contribution in [3.63, 3.8) is 0 Å². The summed E-state index contributed by atoms with van der Waals surface area (Å²) in [6.45, 7) is 6.65. The molecular formula is C16H25NaO3S. The fourth-order valence-corrected chi connectivity index (χ4v) is 2.75. The molecule has 0 aliphatic heterocycles. The van der Waals surface area contributed by atoms with Gasteiger partial charge in [-0.2, -0.15) is 0 Å². The van der Waals surface area contributed by atoms with E-state index in [1.54, 1.807) is 12.1 Å². The van der Waals surface area contributed by atoms with Crippen molar-refractivity contribution in [3.05, 3.63) is 29.8 Å². The van der Waals surface area contributed by atoms with Gasteiger partial charge in [-0.15, -0.1) is 0 Å². The molecule has 0 aliphatic rings. The van der Waals surface area contributed by atoms with Crippen molar-refractivity contribution in [2.75, 3.05) is 0 Å². The largest absolute Gasteiger partial charge is 1.00 e.